The Balaban J connectivity index is 1.82. The van der Waals surface area contributed by atoms with E-state index in [0.717, 1.165) is 19.3 Å². The maximum Gasteiger partial charge on any atom is 0.329 e. The maximum atomic E-state index is 11.9. The molecule has 1 atom stereocenters. The largest absolute Gasteiger partial charge is 0.480 e. The number of hydrogen-bond acceptors (Lipinski definition) is 3. The van der Waals surface area contributed by atoms with E-state index in [-0.39, 0.29) is 0 Å². The molecule has 1 heterocycles. The van der Waals surface area contributed by atoms with Gasteiger partial charge in [0.15, 0.2) is 0 Å². The second kappa shape index (κ2) is 6.74. The van der Waals surface area contributed by atoms with E-state index in [2.05, 4.69) is 22.8 Å². The Morgan fingerprint density at radius 2 is 2.05 bits per heavy atom. The minimum Gasteiger partial charge on any atom is -0.480 e. The molecular weight excluding hydrogens is 260 g/mol. The summed E-state index contributed by atoms with van der Waals surface area (Å²) in [6.07, 6.45) is 7.98. The number of hydrogen-bond donors (Lipinski definition) is 3. The number of aliphatic carboxylic acids is 1. The number of amides is 2. The minimum atomic E-state index is -1.19. The highest BCUT2D eigenvalue weighted by Crippen LogP contribution is 2.21. The monoisotopic (exact) mass is 282 g/mol. The van der Waals surface area contributed by atoms with Gasteiger partial charge in [0, 0.05) is 32.6 Å². The first-order valence-electron chi connectivity index (χ1n) is 7.14. The van der Waals surface area contributed by atoms with Gasteiger partial charge in [-0.05, 0) is 25.2 Å². The first kappa shape index (κ1) is 14.8. The smallest absolute Gasteiger partial charge is 0.329 e. The molecule has 6 heteroatoms. The minimum absolute atomic E-state index is 0.307. The van der Waals surface area contributed by atoms with Gasteiger partial charge in [-0.3, -0.25) is 0 Å². The summed E-state index contributed by atoms with van der Waals surface area (Å²) in [5, 5.41) is 14.8. The number of carbonyl (C=O) groups is 2. The van der Waals surface area contributed by atoms with Crippen molar-refractivity contribution in [1.29, 1.82) is 0 Å². The lowest BCUT2D eigenvalue weighted by atomic mass is 9.90. The van der Waals surface area contributed by atoms with E-state index in [0.29, 0.717) is 38.5 Å². The van der Waals surface area contributed by atoms with E-state index in [1.165, 1.54) is 0 Å². The number of carbonyl (C=O) groups excluding carboxylic acids is 1. The Morgan fingerprint density at radius 1 is 1.30 bits per heavy atom. The van der Waals surface area contributed by atoms with Gasteiger partial charge in [-0.25, -0.2) is 9.59 Å². The molecule has 3 N–H and O–H groups in total. The Kier molecular flexibility index (Phi) is 5.00. The van der Waals surface area contributed by atoms with Crippen molar-refractivity contribution in [2.45, 2.75) is 37.6 Å². The molecule has 1 aliphatic heterocycles. The van der Waals surface area contributed by atoms with Crippen LogP contribution < -0.4 is 10.6 Å². The molecule has 2 aliphatic rings. The molecule has 0 aromatic carbocycles. The van der Waals surface area contributed by atoms with Crippen molar-refractivity contribution in [3.05, 3.63) is 12.2 Å². The van der Waals surface area contributed by atoms with Gasteiger partial charge in [-0.1, -0.05) is 12.2 Å². The van der Waals surface area contributed by atoms with Gasteiger partial charge in [0.1, 0.15) is 5.54 Å². The summed E-state index contributed by atoms with van der Waals surface area (Å²) < 4.78 is 5.17. The van der Waals surface area contributed by atoms with Crippen LogP contribution in [0.3, 0.4) is 0 Å². The third kappa shape index (κ3) is 3.72. The zero-order chi connectivity index (χ0) is 14.4. The third-order valence-electron chi connectivity index (χ3n) is 4.04. The third-order valence-corrected chi connectivity index (χ3v) is 4.04. The number of rotatable bonds is 4. The summed E-state index contributed by atoms with van der Waals surface area (Å²) >= 11 is 0. The molecule has 0 spiro atoms. The van der Waals surface area contributed by atoms with Crippen molar-refractivity contribution in [3.8, 4) is 0 Å². The van der Waals surface area contributed by atoms with E-state index in [1.54, 1.807) is 0 Å². The Bertz CT molecular complexity index is 389. The predicted molar refractivity (Wildman–Crippen MR) is 73.4 cm³/mol. The molecule has 112 valence electrons. The van der Waals surface area contributed by atoms with Crippen molar-refractivity contribution in [3.63, 3.8) is 0 Å². The second-order valence-electron chi connectivity index (χ2n) is 5.49. The first-order chi connectivity index (χ1) is 9.62. The van der Waals surface area contributed by atoms with Crippen molar-refractivity contribution in [2.24, 2.45) is 5.92 Å². The lowest BCUT2D eigenvalue weighted by Gasteiger charge is -2.34. The van der Waals surface area contributed by atoms with E-state index < -0.39 is 17.5 Å². The summed E-state index contributed by atoms with van der Waals surface area (Å²) in [5.74, 6) is -0.544. The zero-order valence-corrected chi connectivity index (χ0v) is 11.6. The van der Waals surface area contributed by atoms with Crippen LogP contribution >= 0.6 is 0 Å². The molecule has 0 aromatic heterocycles. The van der Waals surface area contributed by atoms with Crippen LogP contribution in [-0.4, -0.2) is 42.4 Å². The fourth-order valence-corrected chi connectivity index (χ4v) is 2.65. The molecule has 0 saturated carbocycles. The molecule has 1 saturated heterocycles. The molecule has 1 aliphatic carbocycles. The van der Waals surface area contributed by atoms with Crippen LogP contribution in [0, 0.1) is 5.92 Å². The number of urea groups is 1. The van der Waals surface area contributed by atoms with E-state index in [4.69, 9.17) is 4.74 Å². The average molecular weight is 282 g/mol. The summed E-state index contributed by atoms with van der Waals surface area (Å²) in [6, 6.07) is -0.399. The Morgan fingerprint density at radius 3 is 2.65 bits per heavy atom. The van der Waals surface area contributed by atoms with Crippen molar-refractivity contribution >= 4 is 12.0 Å². The highest BCUT2D eigenvalue weighted by molar-refractivity contribution is 5.86. The van der Waals surface area contributed by atoms with Gasteiger partial charge in [-0.15, -0.1) is 0 Å². The van der Waals surface area contributed by atoms with Gasteiger partial charge in [0.25, 0.3) is 0 Å². The van der Waals surface area contributed by atoms with Gasteiger partial charge in [0.2, 0.25) is 0 Å². The fourth-order valence-electron chi connectivity index (χ4n) is 2.65. The fraction of sp³-hybridized carbons (Fsp3) is 0.714. The molecule has 2 amide bonds. The van der Waals surface area contributed by atoms with E-state index in [1.807, 2.05) is 0 Å². The second-order valence-corrected chi connectivity index (χ2v) is 5.49. The number of carboxylic acid groups (broad SMARTS) is 1. The average Bonchev–Trinajstić information content (AvgIpc) is 2.47. The standard InChI is InChI=1S/C14H22N2O4/c17-12(18)14(6-8-20-9-7-14)16-13(19)15-10-11-4-2-1-3-5-11/h1-2,11H,3-10H2,(H,17,18)(H2,15,16,19). The van der Waals surface area contributed by atoms with Crippen molar-refractivity contribution in [2.75, 3.05) is 19.8 Å². The van der Waals surface area contributed by atoms with Crippen LogP contribution in [0.1, 0.15) is 32.1 Å². The highest BCUT2D eigenvalue weighted by atomic mass is 16.5. The van der Waals surface area contributed by atoms with Gasteiger partial charge in [-0.2, -0.15) is 0 Å². The Hall–Kier alpha value is -1.56. The molecule has 1 fully saturated rings. The molecule has 0 aromatic rings. The Labute approximate surface area is 118 Å². The summed E-state index contributed by atoms with van der Waals surface area (Å²) in [4.78, 5) is 23.3. The van der Waals surface area contributed by atoms with Gasteiger partial charge in [0.05, 0.1) is 0 Å². The number of allylic oxidation sites excluding steroid dienone is 2. The molecule has 0 bridgehead atoms. The van der Waals surface area contributed by atoms with Crippen LogP contribution in [0.5, 0.6) is 0 Å². The first-order valence-corrected chi connectivity index (χ1v) is 7.14. The quantitative estimate of drug-likeness (QED) is 0.678. The topological polar surface area (TPSA) is 87.7 Å². The molecule has 6 nitrogen and oxygen atoms in total. The maximum absolute atomic E-state index is 11.9. The highest BCUT2D eigenvalue weighted by Gasteiger charge is 2.41. The van der Waals surface area contributed by atoms with Crippen molar-refractivity contribution in [1.82, 2.24) is 10.6 Å². The number of nitrogens with one attached hydrogen (secondary N) is 2. The van der Waals surface area contributed by atoms with Crippen molar-refractivity contribution < 1.29 is 19.4 Å². The van der Waals surface area contributed by atoms with Gasteiger partial charge >= 0.3 is 12.0 Å². The zero-order valence-electron chi connectivity index (χ0n) is 11.6. The normalized spacial score (nSPS) is 24.9. The van der Waals surface area contributed by atoms with Crippen LogP contribution in [-0.2, 0) is 9.53 Å². The van der Waals surface area contributed by atoms with Gasteiger partial charge < -0.3 is 20.5 Å². The lowest BCUT2D eigenvalue weighted by Crippen LogP contribution is -2.59. The summed E-state index contributed by atoms with van der Waals surface area (Å²) in [7, 11) is 0. The summed E-state index contributed by atoms with van der Waals surface area (Å²) in [6.45, 7) is 1.31. The molecule has 1 unspecified atom stereocenters. The number of carboxylic acids is 1. The molecule has 2 rings (SSSR count). The lowest BCUT2D eigenvalue weighted by molar-refractivity contribution is -0.148. The summed E-state index contributed by atoms with van der Waals surface area (Å²) in [5.41, 5.74) is -1.19. The van der Waals surface area contributed by atoms with E-state index >= 15 is 0 Å². The van der Waals surface area contributed by atoms with Crippen LogP contribution in [0.15, 0.2) is 12.2 Å². The van der Waals surface area contributed by atoms with Crippen LogP contribution in [0.2, 0.25) is 0 Å². The number of ether oxygens (including phenoxy) is 1. The SMILES string of the molecule is O=C(NCC1CC=CCC1)NC1(C(=O)O)CCOCC1. The molecular formula is C14H22N2O4. The molecule has 0 radical (unpaired) electrons. The van der Waals surface area contributed by atoms with E-state index in [9.17, 15) is 14.7 Å². The molecule has 20 heavy (non-hydrogen) atoms. The van der Waals surface area contributed by atoms with Crippen LogP contribution in [0.4, 0.5) is 4.79 Å². The van der Waals surface area contributed by atoms with Crippen LogP contribution in [0.25, 0.3) is 0 Å². The predicted octanol–water partition coefficient (Wildman–Crippen LogP) is 1.28.